The second-order valence-electron chi connectivity index (χ2n) is 6.43. The zero-order valence-electron chi connectivity index (χ0n) is 12.3. The lowest BCUT2D eigenvalue weighted by molar-refractivity contribution is 0.310. The summed E-state index contributed by atoms with van der Waals surface area (Å²) in [6, 6.07) is 10.1. The summed E-state index contributed by atoms with van der Waals surface area (Å²) in [6.07, 6.45) is 4.06. The van der Waals surface area contributed by atoms with Gasteiger partial charge in [0.05, 0.1) is 6.04 Å². The first-order chi connectivity index (χ1) is 10.2. The van der Waals surface area contributed by atoms with Gasteiger partial charge in [-0.25, -0.2) is 0 Å². The number of fused-ring (bicyclic) bond motifs is 1. The molecule has 0 spiro atoms. The maximum absolute atomic E-state index is 5.98. The van der Waals surface area contributed by atoms with Crippen LogP contribution in [-0.4, -0.2) is 30.1 Å². The SMILES string of the molecule is CC(NC1CCN(C2CC2)C1)c1cc2cc(Br)ccc2o1. The van der Waals surface area contributed by atoms with Crippen LogP contribution in [0.15, 0.2) is 33.2 Å². The third-order valence-corrected chi connectivity index (χ3v) is 5.19. The number of hydrogen-bond donors (Lipinski definition) is 1. The molecule has 2 unspecified atom stereocenters. The molecule has 112 valence electrons. The van der Waals surface area contributed by atoms with E-state index >= 15 is 0 Å². The molecule has 4 rings (SSSR count). The Bertz CT molecular complexity index is 649. The van der Waals surface area contributed by atoms with Crippen LogP contribution in [0.1, 0.15) is 38.0 Å². The highest BCUT2D eigenvalue weighted by Crippen LogP contribution is 2.31. The van der Waals surface area contributed by atoms with Crippen LogP contribution in [0.25, 0.3) is 11.0 Å². The predicted octanol–water partition coefficient (Wildman–Crippen LogP) is 4.08. The smallest absolute Gasteiger partial charge is 0.134 e. The van der Waals surface area contributed by atoms with Gasteiger partial charge in [0, 0.05) is 35.0 Å². The number of nitrogens with zero attached hydrogens (tertiary/aromatic N) is 1. The Labute approximate surface area is 133 Å². The van der Waals surface area contributed by atoms with Gasteiger partial charge in [-0.2, -0.15) is 0 Å². The first-order valence-corrected chi connectivity index (χ1v) is 8.67. The van der Waals surface area contributed by atoms with E-state index in [4.69, 9.17) is 4.42 Å². The van der Waals surface area contributed by atoms with Crippen LogP contribution in [0, 0.1) is 0 Å². The monoisotopic (exact) mass is 348 g/mol. The zero-order valence-corrected chi connectivity index (χ0v) is 13.9. The fourth-order valence-electron chi connectivity index (χ4n) is 3.38. The topological polar surface area (TPSA) is 28.4 Å². The van der Waals surface area contributed by atoms with Gasteiger partial charge in [0.1, 0.15) is 11.3 Å². The molecule has 2 atom stereocenters. The number of likely N-dealkylation sites (tertiary alicyclic amines) is 1. The van der Waals surface area contributed by atoms with Gasteiger partial charge in [-0.15, -0.1) is 0 Å². The Kier molecular flexibility index (Phi) is 3.56. The van der Waals surface area contributed by atoms with Crippen molar-refractivity contribution in [3.63, 3.8) is 0 Å². The molecule has 1 aromatic heterocycles. The summed E-state index contributed by atoms with van der Waals surface area (Å²) in [6.45, 7) is 4.65. The lowest BCUT2D eigenvalue weighted by Gasteiger charge is -2.19. The molecule has 1 N–H and O–H groups in total. The van der Waals surface area contributed by atoms with Crippen LogP contribution in [0.4, 0.5) is 0 Å². The summed E-state index contributed by atoms with van der Waals surface area (Å²) in [7, 11) is 0. The molecule has 2 fully saturated rings. The lowest BCUT2D eigenvalue weighted by Crippen LogP contribution is -2.34. The normalized spacial score (nSPS) is 24.8. The quantitative estimate of drug-likeness (QED) is 0.902. The molecule has 0 amide bonds. The molecule has 1 saturated carbocycles. The predicted molar refractivity (Wildman–Crippen MR) is 88.5 cm³/mol. The summed E-state index contributed by atoms with van der Waals surface area (Å²) in [5.41, 5.74) is 0.966. The maximum Gasteiger partial charge on any atom is 0.134 e. The Balaban J connectivity index is 1.44. The van der Waals surface area contributed by atoms with E-state index in [0.717, 1.165) is 21.9 Å². The third kappa shape index (κ3) is 2.89. The molecule has 2 heterocycles. The van der Waals surface area contributed by atoms with Crippen LogP contribution >= 0.6 is 15.9 Å². The van der Waals surface area contributed by atoms with Gasteiger partial charge in [-0.3, -0.25) is 4.90 Å². The molecular formula is C17H21BrN2O. The van der Waals surface area contributed by atoms with E-state index in [9.17, 15) is 0 Å². The first-order valence-electron chi connectivity index (χ1n) is 7.88. The second-order valence-corrected chi connectivity index (χ2v) is 7.35. The van der Waals surface area contributed by atoms with E-state index in [-0.39, 0.29) is 6.04 Å². The summed E-state index contributed by atoms with van der Waals surface area (Å²) in [5.74, 6) is 1.04. The van der Waals surface area contributed by atoms with Crippen molar-refractivity contribution in [2.75, 3.05) is 13.1 Å². The number of rotatable bonds is 4. The van der Waals surface area contributed by atoms with E-state index in [2.05, 4.69) is 45.2 Å². The van der Waals surface area contributed by atoms with Crippen molar-refractivity contribution in [2.45, 2.75) is 44.3 Å². The molecule has 0 bridgehead atoms. The molecule has 2 aromatic rings. The molecule has 0 radical (unpaired) electrons. The molecule has 1 aromatic carbocycles. The Morgan fingerprint density at radius 1 is 1.29 bits per heavy atom. The number of nitrogens with one attached hydrogen (secondary N) is 1. The summed E-state index contributed by atoms with van der Waals surface area (Å²) in [5, 5.41) is 4.90. The first kappa shape index (κ1) is 13.8. The van der Waals surface area contributed by atoms with Crippen LogP contribution in [0.2, 0.25) is 0 Å². The van der Waals surface area contributed by atoms with Gasteiger partial charge in [0.2, 0.25) is 0 Å². The van der Waals surface area contributed by atoms with Crippen LogP contribution < -0.4 is 5.32 Å². The third-order valence-electron chi connectivity index (χ3n) is 4.69. The average Bonchev–Trinajstić information content (AvgIpc) is 3.06. The number of hydrogen-bond acceptors (Lipinski definition) is 3. The Morgan fingerprint density at radius 2 is 2.14 bits per heavy atom. The molecule has 1 aliphatic carbocycles. The van der Waals surface area contributed by atoms with E-state index in [1.807, 2.05) is 12.1 Å². The van der Waals surface area contributed by atoms with Gasteiger partial charge in [-0.05, 0) is 50.5 Å². The molecule has 3 nitrogen and oxygen atoms in total. The van der Waals surface area contributed by atoms with Gasteiger partial charge >= 0.3 is 0 Å². The van der Waals surface area contributed by atoms with Crippen LogP contribution in [-0.2, 0) is 0 Å². The van der Waals surface area contributed by atoms with Crippen molar-refractivity contribution >= 4 is 26.9 Å². The van der Waals surface area contributed by atoms with E-state index in [0.29, 0.717) is 6.04 Å². The second kappa shape index (κ2) is 5.41. The number of furan rings is 1. The van der Waals surface area contributed by atoms with Crippen molar-refractivity contribution in [1.82, 2.24) is 10.2 Å². The van der Waals surface area contributed by atoms with Gasteiger partial charge in [0.15, 0.2) is 0 Å². The largest absolute Gasteiger partial charge is 0.459 e. The molecule has 1 aliphatic heterocycles. The highest BCUT2D eigenvalue weighted by atomic mass is 79.9. The molecule has 2 aliphatic rings. The van der Waals surface area contributed by atoms with Crippen molar-refractivity contribution in [3.05, 3.63) is 34.5 Å². The van der Waals surface area contributed by atoms with Gasteiger partial charge in [-0.1, -0.05) is 15.9 Å². The average molecular weight is 349 g/mol. The lowest BCUT2D eigenvalue weighted by atomic mass is 10.2. The molecule has 1 saturated heterocycles. The van der Waals surface area contributed by atoms with Gasteiger partial charge < -0.3 is 9.73 Å². The van der Waals surface area contributed by atoms with Gasteiger partial charge in [0.25, 0.3) is 0 Å². The maximum atomic E-state index is 5.98. The van der Waals surface area contributed by atoms with Crippen molar-refractivity contribution in [3.8, 4) is 0 Å². The minimum Gasteiger partial charge on any atom is -0.459 e. The summed E-state index contributed by atoms with van der Waals surface area (Å²) in [4.78, 5) is 2.64. The minimum absolute atomic E-state index is 0.264. The summed E-state index contributed by atoms with van der Waals surface area (Å²) >= 11 is 3.51. The number of benzene rings is 1. The van der Waals surface area contributed by atoms with Crippen molar-refractivity contribution in [1.29, 1.82) is 0 Å². The van der Waals surface area contributed by atoms with Crippen LogP contribution in [0.3, 0.4) is 0 Å². The van der Waals surface area contributed by atoms with E-state index in [1.165, 1.54) is 37.7 Å². The fraction of sp³-hybridized carbons (Fsp3) is 0.529. The molecule has 4 heteroatoms. The minimum atomic E-state index is 0.264. The zero-order chi connectivity index (χ0) is 14.4. The number of halogens is 1. The highest BCUT2D eigenvalue weighted by molar-refractivity contribution is 9.10. The Morgan fingerprint density at radius 3 is 2.95 bits per heavy atom. The fourth-order valence-corrected chi connectivity index (χ4v) is 3.76. The standard InChI is InChI=1S/C17H21BrN2O/c1-11(19-14-6-7-20(10-14)15-3-4-15)17-9-12-8-13(18)2-5-16(12)21-17/h2,5,8-9,11,14-15,19H,3-4,6-7,10H2,1H3. The van der Waals surface area contributed by atoms with Crippen LogP contribution in [0.5, 0.6) is 0 Å². The van der Waals surface area contributed by atoms with E-state index in [1.54, 1.807) is 0 Å². The van der Waals surface area contributed by atoms with Crippen molar-refractivity contribution < 1.29 is 4.42 Å². The molecule has 21 heavy (non-hydrogen) atoms. The van der Waals surface area contributed by atoms with E-state index < -0.39 is 0 Å². The Hall–Kier alpha value is -0.840. The highest BCUT2D eigenvalue weighted by Gasteiger charge is 2.34. The molecular weight excluding hydrogens is 328 g/mol. The van der Waals surface area contributed by atoms with Crippen molar-refractivity contribution in [2.24, 2.45) is 0 Å². The summed E-state index contributed by atoms with van der Waals surface area (Å²) < 4.78 is 7.08.